The fraction of sp³-hybridized carbons (Fsp3) is 0.500. The van der Waals surface area contributed by atoms with Crippen molar-refractivity contribution >= 4 is 26.8 Å². The number of pyridine rings is 1. The molecular formula is C12H15FN4S. The SMILES string of the molecule is C[C@@H]1CN(c2nc3ccc(F)nc3s2)C[C@H](C)N1. The highest BCUT2D eigenvalue weighted by molar-refractivity contribution is 7.21. The quantitative estimate of drug-likeness (QED) is 0.802. The van der Waals surface area contributed by atoms with E-state index in [0.29, 0.717) is 16.9 Å². The third-order valence-corrected chi connectivity index (χ3v) is 4.06. The molecule has 3 rings (SSSR count). The Bertz CT molecular complexity index is 560. The van der Waals surface area contributed by atoms with Crippen molar-refractivity contribution in [3.63, 3.8) is 0 Å². The summed E-state index contributed by atoms with van der Waals surface area (Å²) in [5, 5.41) is 4.41. The fourth-order valence-corrected chi connectivity index (χ4v) is 3.35. The maximum Gasteiger partial charge on any atom is 0.214 e. The van der Waals surface area contributed by atoms with Crippen molar-refractivity contribution in [3.8, 4) is 0 Å². The van der Waals surface area contributed by atoms with Crippen LogP contribution >= 0.6 is 11.3 Å². The van der Waals surface area contributed by atoms with Gasteiger partial charge in [-0.3, -0.25) is 0 Å². The molecule has 1 aliphatic rings. The first kappa shape index (κ1) is 11.8. The molecule has 0 aromatic carbocycles. The summed E-state index contributed by atoms with van der Waals surface area (Å²) in [6.07, 6.45) is 0. The zero-order valence-corrected chi connectivity index (χ0v) is 11.2. The number of hydrogen-bond donors (Lipinski definition) is 1. The van der Waals surface area contributed by atoms with E-state index in [9.17, 15) is 4.39 Å². The number of piperazine rings is 1. The minimum atomic E-state index is -0.445. The topological polar surface area (TPSA) is 41.1 Å². The van der Waals surface area contributed by atoms with Crippen LogP contribution in [0.4, 0.5) is 9.52 Å². The average molecular weight is 266 g/mol. The minimum absolute atomic E-state index is 0.436. The molecule has 1 fully saturated rings. The van der Waals surface area contributed by atoms with Gasteiger partial charge in [-0.2, -0.15) is 4.39 Å². The van der Waals surface area contributed by atoms with Gasteiger partial charge in [-0.05, 0) is 26.0 Å². The van der Waals surface area contributed by atoms with E-state index in [1.807, 2.05) is 0 Å². The van der Waals surface area contributed by atoms with E-state index in [4.69, 9.17) is 0 Å². The molecule has 0 bridgehead atoms. The number of thiazole rings is 1. The van der Waals surface area contributed by atoms with Crippen LogP contribution in [0, 0.1) is 5.95 Å². The van der Waals surface area contributed by atoms with Crippen LogP contribution in [-0.2, 0) is 0 Å². The van der Waals surface area contributed by atoms with Crippen LogP contribution in [-0.4, -0.2) is 35.1 Å². The molecule has 18 heavy (non-hydrogen) atoms. The summed E-state index contributed by atoms with van der Waals surface area (Å²) in [4.78, 5) is 11.3. The van der Waals surface area contributed by atoms with Gasteiger partial charge in [0.1, 0.15) is 10.3 Å². The normalized spacial score (nSPS) is 24.7. The van der Waals surface area contributed by atoms with Crippen molar-refractivity contribution in [1.82, 2.24) is 15.3 Å². The molecule has 6 heteroatoms. The number of fused-ring (bicyclic) bond motifs is 1. The number of nitrogens with one attached hydrogen (secondary N) is 1. The standard InChI is InChI=1S/C12H15FN4S/c1-7-5-17(6-8(2)14-7)12-15-9-3-4-10(13)16-11(9)18-12/h3-4,7-8,14H,5-6H2,1-2H3/t7-,8+. The molecule has 1 aliphatic heterocycles. The third kappa shape index (κ3) is 2.18. The zero-order chi connectivity index (χ0) is 12.7. The summed E-state index contributed by atoms with van der Waals surface area (Å²) in [5.74, 6) is -0.445. The maximum absolute atomic E-state index is 13.1. The molecule has 1 saturated heterocycles. The molecular weight excluding hydrogens is 251 g/mol. The van der Waals surface area contributed by atoms with Crippen LogP contribution in [0.1, 0.15) is 13.8 Å². The van der Waals surface area contributed by atoms with E-state index in [1.54, 1.807) is 6.07 Å². The van der Waals surface area contributed by atoms with Crippen LogP contribution in [0.15, 0.2) is 12.1 Å². The second kappa shape index (κ2) is 4.44. The molecule has 0 spiro atoms. The van der Waals surface area contributed by atoms with E-state index in [2.05, 4.69) is 34.0 Å². The number of rotatable bonds is 1. The molecule has 96 valence electrons. The number of aromatic nitrogens is 2. The zero-order valence-electron chi connectivity index (χ0n) is 10.4. The highest BCUT2D eigenvalue weighted by atomic mass is 32.1. The lowest BCUT2D eigenvalue weighted by molar-refractivity contribution is 0.407. The first-order chi connectivity index (χ1) is 8.61. The number of hydrogen-bond acceptors (Lipinski definition) is 5. The molecule has 0 saturated carbocycles. The molecule has 2 atom stereocenters. The van der Waals surface area contributed by atoms with Crippen molar-refractivity contribution in [1.29, 1.82) is 0 Å². The van der Waals surface area contributed by atoms with Crippen LogP contribution in [0.5, 0.6) is 0 Å². The molecule has 0 aliphatic carbocycles. The van der Waals surface area contributed by atoms with Crippen LogP contribution in [0.25, 0.3) is 10.3 Å². The number of anilines is 1. The van der Waals surface area contributed by atoms with Gasteiger partial charge >= 0.3 is 0 Å². The van der Waals surface area contributed by atoms with E-state index in [-0.39, 0.29) is 0 Å². The predicted octanol–water partition coefficient (Wildman–Crippen LogP) is 2.02. The molecule has 1 N–H and O–H groups in total. The second-order valence-corrected chi connectivity index (χ2v) is 5.78. The lowest BCUT2D eigenvalue weighted by atomic mass is 10.2. The number of halogens is 1. The Labute approximate surface area is 109 Å². The van der Waals surface area contributed by atoms with Gasteiger partial charge in [-0.1, -0.05) is 11.3 Å². The monoisotopic (exact) mass is 266 g/mol. The molecule has 3 heterocycles. The van der Waals surface area contributed by atoms with E-state index >= 15 is 0 Å². The Kier molecular flexibility index (Phi) is 2.91. The summed E-state index contributed by atoms with van der Waals surface area (Å²) in [7, 11) is 0. The van der Waals surface area contributed by atoms with Crippen LogP contribution < -0.4 is 10.2 Å². The van der Waals surface area contributed by atoms with Crippen molar-refractivity contribution < 1.29 is 4.39 Å². The molecule has 4 nitrogen and oxygen atoms in total. The molecule has 0 amide bonds. The van der Waals surface area contributed by atoms with Crippen molar-refractivity contribution in [2.75, 3.05) is 18.0 Å². The van der Waals surface area contributed by atoms with Gasteiger partial charge in [0, 0.05) is 25.2 Å². The summed E-state index contributed by atoms with van der Waals surface area (Å²) in [6.45, 7) is 6.17. The lowest BCUT2D eigenvalue weighted by Crippen LogP contribution is -2.54. The van der Waals surface area contributed by atoms with Gasteiger partial charge < -0.3 is 10.2 Å². The maximum atomic E-state index is 13.1. The Morgan fingerprint density at radius 2 is 2.00 bits per heavy atom. The Morgan fingerprint density at radius 3 is 2.72 bits per heavy atom. The summed E-state index contributed by atoms with van der Waals surface area (Å²) < 4.78 is 13.1. The smallest absolute Gasteiger partial charge is 0.214 e. The molecule has 2 aromatic heterocycles. The van der Waals surface area contributed by atoms with Gasteiger partial charge in [0.25, 0.3) is 0 Å². The van der Waals surface area contributed by atoms with E-state index < -0.39 is 5.95 Å². The molecule has 2 aromatic rings. The van der Waals surface area contributed by atoms with Gasteiger partial charge in [0.2, 0.25) is 5.95 Å². The van der Waals surface area contributed by atoms with Gasteiger partial charge in [-0.15, -0.1) is 0 Å². The highest BCUT2D eigenvalue weighted by Crippen LogP contribution is 2.28. The average Bonchev–Trinajstić information content (AvgIpc) is 2.70. The van der Waals surface area contributed by atoms with Gasteiger partial charge in [0.15, 0.2) is 5.13 Å². The third-order valence-electron chi connectivity index (χ3n) is 3.04. The van der Waals surface area contributed by atoms with Crippen LogP contribution in [0.3, 0.4) is 0 Å². The summed E-state index contributed by atoms with van der Waals surface area (Å²) >= 11 is 1.46. The summed E-state index contributed by atoms with van der Waals surface area (Å²) in [5.41, 5.74) is 0.773. The Balaban J connectivity index is 1.93. The van der Waals surface area contributed by atoms with E-state index in [1.165, 1.54) is 17.4 Å². The van der Waals surface area contributed by atoms with Gasteiger partial charge in [-0.25, -0.2) is 9.97 Å². The number of nitrogens with zero attached hydrogens (tertiary/aromatic N) is 3. The first-order valence-corrected chi connectivity index (χ1v) is 6.87. The van der Waals surface area contributed by atoms with Crippen molar-refractivity contribution in [2.24, 2.45) is 0 Å². The van der Waals surface area contributed by atoms with Gasteiger partial charge in [0.05, 0.1) is 0 Å². The van der Waals surface area contributed by atoms with Crippen molar-refractivity contribution in [2.45, 2.75) is 25.9 Å². The van der Waals surface area contributed by atoms with Crippen molar-refractivity contribution in [3.05, 3.63) is 18.1 Å². The minimum Gasteiger partial charge on any atom is -0.345 e. The fourth-order valence-electron chi connectivity index (χ4n) is 2.40. The van der Waals surface area contributed by atoms with E-state index in [0.717, 1.165) is 23.7 Å². The Hall–Kier alpha value is -1.27. The Morgan fingerprint density at radius 1 is 1.28 bits per heavy atom. The molecule has 0 unspecified atom stereocenters. The first-order valence-electron chi connectivity index (χ1n) is 6.06. The second-order valence-electron chi connectivity index (χ2n) is 4.83. The van der Waals surface area contributed by atoms with Crippen LogP contribution in [0.2, 0.25) is 0 Å². The highest BCUT2D eigenvalue weighted by Gasteiger charge is 2.23. The molecule has 0 radical (unpaired) electrons. The largest absolute Gasteiger partial charge is 0.345 e. The lowest BCUT2D eigenvalue weighted by Gasteiger charge is -2.35. The predicted molar refractivity (Wildman–Crippen MR) is 71.6 cm³/mol. The summed E-state index contributed by atoms with van der Waals surface area (Å²) in [6, 6.07) is 3.91.